The maximum atomic E-state index is 12.3. The van der Waals surface area contributed by atoms with Crippen LogP contribution < -0.4 is 5.73 Å². The molecule has 29 heavy (non-hydrogen) atoms. The number of likely N-dealkylation sites (tertiary alicyclic amines) is 1. The van der Waals surface area contributed by atoms with Crippen LogP contribution in [-0.2, 0) is 4.74 Å². The minimum atomic E-state index is -0.441. The molecule has 1 amide bonds. The van der Waals surface area contributed by atoms with Crippen molar-refractivity contribution in [2.45, 2.75) is 83.3 Å². The first-order valence-corrected chi connectivity index (χ1v) is 11.2. The largest absolute Gasteiger partial charge is 0.444 e. The molecule has 2 aromatic rings. The second kappa shape index (κ2) is 7.92. The van der Waals surface area contributed by atoms with Crippen LogP contribution in [0.25, 0.3) is 10.9 Å². The Morgan fingerprint density at radius 1 is 1.03 bits per heavy atom. The van der Waals surface area contributed by atoms with Gasteiger partial charge in [0.1, 0.15) is 11.4 Å². The van der Waals surface area contributed by atoms with E-state index in [9.17, 15) is 4.79 Å². The van der Waals surface area contributed by atoms with E-state index >= 15 is 0 Å². The summed E-state index contributed by atoms with van der Waals surface area (Å²) >= 11 is 0. The van der Waals surface area contributed by atoms with Crippen molar-refractivity contribution in [1.82, 2.24) is 9.47 Å². The van der Waals surface area contributed by atoms with Gasteiger partial charge in [0.25, 0.3) is 0 Å². The molecule has 2 fully saturated rings. The highest BCUT2D eigenvalue weighted by molar-refractivity contribution is 5.85. The first-order valence-electron chi connectivity index (χ1n) is 11.2. The van der Waals surface area contributed by atoms with Crippen molar-refractivity contribution in [2.75, 3.05) is 18.8 Å². The van der Waals surface area contributed by atoms with Gasteiger partial charge in [0.2, 0.25) is 0 Å². The van der Waals surface area contributed by atoms with Gasteiger partial charge in [-0.05, 0) is 70.1 Å². The Hall–Kier alpha value is -2.17. The third-order valence-corrected chi connectivity index (χ3v) is 6.45. The second-order valence-electron chi connectivity index (χ2n) is 9.79. The van der Waals surface area contributed by atoms with E-state index in [1.165, 1.54) is 48.6 Å². The fraction of sp³-hybridized carbons (Fsp3) is 0.625. The summed E-state index contributed by atoms with van der Waals surface area (Å²) in [6.45, 7) is 7.26. The number of amides is 1. The van der Waals surface area contributed by atoms with Crippen molar-refractivity contribution < 1.29 is 9.53 Å². The number of fused-ring (bicyclic) bond motifs is 1. The summed E-state index contributed by atoms with van der Waals surface area (Å²) < 4.78 is 7.91. The number of anilines is 1. The van der Waals surface area contributed by atoms with Crippen molar-refractivity contribution in [3.8, 4) is 0 Å². The molecule has 0 bridgehead atoms. The van der Waals surface area contributed by atoms with Crippen LogP contribution in [-0.4, -0.2) is 34.3 Å². The minimum absolute atomic E-state index is 0.189. The molecular formula is C24H35N3O2. The smallest absolute Gasteiger partial charge is 0.410 e. The van der Waals surface area contributed by atoms with Crippen molar-refractivity contribution in [2.24, 2.45) is 0 Å². The lowest BCUT2D eigenvalue weighted by Crippen LogP contribution is -2.41. The monoisotopic (exact) mass is 397 g/mol. The number of aromatic nitrogens is 1. The van der Waals surface area contributed by atoms with Crippen LogP contribution in [0.1, 0.15) is 83.2 Å². The Labute approximate surface area is 174 Å². The molecule has 2 aliphatic rings. The van der Waals surface area contributed by atoms with E-state index in [0.717, 1.165) is 31.7 Å². The average molecular weight is 398 g/mol. The molecule has 1 saturated carbocycles. The summed E-state index contributed by atoms with van der Waals surface area (Å²) in [6, 6.07) is 9.49. The maximum absolute atomic E-state index is 12.3. The fourth-order valence-corrected chi connectivity index (χ4v) is 4.98. The SMILES string of the molecule is CC(C)(C)OC(=O)N1CCC(c2ccc3cc(N)n(C4CCCCC4)c3c2)CC1. The zero-order valence-electron chi connectivity index (χ0n) is 18.1. The topological polar surface area (TPSA) is 60.5 Å². The normalized spacial score (nSPS) is 19.6. The summed E-state index contributed by atoms with van der Waals surface area (Å²) in [5.74, 6) is 1.37. The van der Waals surface area contributed by atoms with Gasteiger partial charge in [-0.2, -0.15) is 0 Å². The zero-order valence-corrected chi connectivity index (χ0v) is 18.1. The number of rotatable bonds is 2. The number of carbonyl (C=O) groups is 1. The summed E-state index contributed by atoms with van der Waals surface area (Å²) in [6.07, 6.45) is 8.16. The van der Waals surface area contributed by atoms with Gasteiger partial charge in [0.05, 0.1) is 5.52 Å². The summed E-state index contributed by atoms with van der Waals surface area (Å²) in [4.78, 5) is 14.2. The molecule has 5 heteroatoms. The molecule has 2 heterocycles. The van der Waals surface area contributed by atoms with E-state index in [1.54, 1.807) is 0 Å². The van der Waals surface area contributed by atoms with Gasteiger partial charge < -0.3 is 19.9 Å². The first kappa shape index (κ1) is 20.1. The molecule has 4 rings (SSSR count). The quantitative estimate of drug-likeness (QED) is 0.692. The molecule has 0 radical (unpaired) electrons. The van der Waals surface area contributed by atoms with E-state index in [2.05, 4.69) is 28.8 Å². The molecule has 0 spiro atoms. The first-order chi connectivity index (χ1) is 13.8. The predicted molar refractivity (Wildman–Crippen MR) is 118 cm³/mol. The highest BCUT2D eigenvalue weighted by Gasteiger charge is 2.28. The second-order valence-corrected chi connectivity index (χ2v) is 9.79. The molecule has 1 aliphatic carbocycles. The van der Waals surface area contributed by atoms with Gasteiger partial charge in [-0.25, -0.2) is 4.79 Å². The zero-order chi connectivity index (χ0) is 20.6. The van der Waals surface area contributed by atoms with Crippen molar-refractivity contribution in [1.29, 1.82) is 0 Å². The van der Waals surface area contributed by atoms with E-state index in [0.29, 0.717) is 12.0 Å². The van der Waals surface area contributed by atoms with Crippen LogP contribution in [0.5, 0.6) is 0 Å². The van der Waals surface area contributed by atoms with E-state index in [1.807, 2.05) is 25.7 Å². The van der Waals surface area contributed by atoms with E-state index in [4.69, 9.17) is 10.5 Å². The van der Waals surface area contributed by atoms with Crippen LogP contribution in [0.15, 0.2) is 24.3 Å². The lowest BCUT2D eigenvalue weighted by atomic mass is 9.89. The van der Waals surface area contributed by atoms with Gasteiger partial charge in [0.15, 0.2) is 0 Å². The Bertz CT molecular complexity index is 866. The van der Waals surface area contributed by atoms with Gasteiger partial charge in [-0.3, -0.25) is 0 Å². The maximum Gasteiger partial charge on any atom is 0.410 e. The molecule has 1 aromatic heterocycles. The fourth-order valence-electron chi connectivity index (χ4n) is 4.98. The molecule has 1 aromatic carbocycles. The van der Waals surface area contributed by atoms with Gasteiger partial charge in [-0.15, -0.1) is 0 Å². The number of nitrogen functional groups attached to an aromatic ring is 1. The van der Waals surface area contributed by atoms with Crippen LogP contribution in [0, 0.1) is 0 Å². The minimum Gasteiger partial charge on any atom is -0.444 e. The molecule has 2 N–H and O–H groups in total. The Balaban J connectivity index is 1.50. The predicted octanol–water partition coefficient (Wildman–Crippen LogP) is 5.84. The van der Waals surface area contributed by atoms with Crippen LogP contribution in [0.2, 0.25) is 0 Å². The van der Waals surface area contributed by atoms with Gasteiger partial charge >= 0.3 is 6.09 Å². The van der Waals surface area contributed by atoms with Gasteiger partial charge in [0, 0.05) is 24.5 Å². The Kier molecular flexibility index (Phi) is 5.50. The number of carbonyl (C=O) groups excluding carboxylic acids is 1. The molecule has 1 saturated heterocycles. The van der Waals surface area contributed by atoms with Crippen LogP contribution >= 0.6 is 0 Å². The summed E-state index contributed by atoms with van der Waals surface area (Å²) in [7, 11) is 0. The highest BCUT2D eigenvalue weighted by atomic mass is 16.6. The number of ether oxygens (including phenoxy) is 1. The summed E-state index contributed by atoms with van der Waals surface area (Å²) in [5.41, 5.74) is 8.63. The van der Waals surface area contributed by atoms with E-state index in [-0.39, 0.29) is 6.09 Å². The van der Waals surface area contributed by atoms with E-state index < -0.39 is 5.60 Å². The molecule has 158 valence electrons. The average Bonchev–Trinajstić information content (AvgIpc) is 3.02. The highest BCUT2D eigenvalue weighted by Crippen LogP contribution is 2.37. The third-order valence-electron chi connectivity index (χ3n) is 6.45. The van der Waals surface area contributed by atoms with Crippen LogP contribution in [0.3, 0.4) is 0 Å². The van der Waals surface area contributed by atoms with Crippen molar-refractivity contribution in [3.05, 3.63) is 29.8 Å². The summed E-state index contributed by atoms with van der Waals surface area (Å²) in [5, 5.41) is 1.24. The standard InChI is InChI=1S/C24H35N3O2/c1-24(2,3)29-23(28)26-13-11-17(12-14-26)18-9-10-19-16-22(25)27(21(19)15-18)20-7-5-4-6-8-20/h9-10,15-17,20H,4-8,11-14,25H2,1-3H3. The van der Waals surface area contributed by atoms with Crippen molar-refractivity contribution >= 4 is 22.8 Å². The number of nitrogens with two attached hydrogens (primary N) is 1. The Morgan fingerprint density at radius 3 is 2.38 bits per heavy atom. The molecule has 5 nitrogen and oxygen atoms in total. The molecular weight excluding hydrogens is 362 g/mol. The lowest BCUT2D eigenvalue weighted by molar-refractivity contribution is 0.0205. The van der Waals surface area contributed by atoms with Crippen molar-refractivity contribution in [3.63, 3.8) is 0 Å². The lowest BCUT2D eigenvalue weighted by Gasteiger charge is -2.33. The molecule has 0 unspecified atom stereocenters. The number of benzene rings is 1. The molecule has 0 atom stereocenters. The number of hydrogen-bond donors (Lipinski definition) is 1. The van der Waals surface area contributed by atoms with Gasteiger partial charge in [-0.1, -0.05) is 31.4 Å². The van der Waals surface area contributed by atoms with Crippen LogP contribution in [0.4, 0.5) is 10.6 Å². The molecule has 1 aliphatic heterocycles. The number of nitrogens with zero attached hydrogens (tertiary/aromatic N) is 2. The third kappa shape index (κ3) is 4.39. The Morgan fingerprint density at radius 2 is 1.72 bits per heavy atom. The number of piperidine rings is 1. The number of hydrogen-bond acceptors (Lipinski definition) is 3.